The normalized spacial score (nSPS) is 11.5. The van der Waals surface area contributed by atoms with Gasteiger partial charge in [-0.2, -0.15) is 0 Å². The summed E-state index contributed by atoms with van der Waals surface area (Å²) in [6, 6.07) is 27.1. The molecule has 0 fully saturated rings. The Kier molecular flexibility index (Phi) is 3.82. The van der Waals surface area contributed by atoms with Gasteiger partial charge in [-0.25, -0.2) is 13.4 Å². The first-order valence-electron chi connectivity index (χ1n) is 7.91. The maximum absolute atomic E-state index is 13.2. The van der Waals surface area contributed by atoms with Crippen LogP contribution in [-0.4, -0.2) is 13.4 Å². The number of hydrogen-bond donors (Lipinski definition) is 0. The molecule has 3 nitrogen and oxygen atoms in total. The van der Waals surface area contributed by atoms with Crippen molar-refractivity contribution in [2.24, 2.45) is 0 Å². The lowest BCUT2D eigenvalue weighted by molar-refractivity contribution is 0.596. The van der Waals surface area contributed by atoms with Gasteiger partial charge in [-0.05, 0) is 24.3 Å². The lowest BCUT2D eigenvalue weighted by Crippen LogP contribution is -2.05. The summed E-state index contributed by atoms with van der Waals surface area (Å²) in [5, 5.41) is 0.802. The number of fused-ring (bicyclic) bond motifs is 1. The Morgan fingerprint density at radius 3 is 2.00 bits per heavy atom. The van der Waals surface area contributed by atoms with E-state index in [0.29, 0.717) is 5.69 Å². The Labute approximate surface area is 146 Å². The summed E-state index contributed by atoms with van der Waals surface area (Å²) in [5.74, 6) is 0. The highest BCUT2D eigenvalue weighted by Crippen LogP contribution is 2.32. The van der Waals surface area contributed by atoms with E-state index >= 15 is 0 Å². The van der Waals surface area contributed by atoms with Gasteiger partial charge in [0.25, 0.3) is 0 Å². The van der Waals surface area contributed by atoms with Crippen LogP contribution < -0.4 is 0 Å². The monoisotopic (exact) mass is 345 g/mol. The third-order valence-corrected chi connectivity index (χ3v) is 5.86. The van der Waals surface area contributed by atoms with E-state index < -0.39 is 9.84 Å². The fourth-order valence-electron chi connectivity index (χ4n) is 2.83. The SMILES string of the molecule is O=S(=O)(c1ccccc1)c1cc2ccccc2nc1-c1ccccc1. The van der Waals surface area contributed by atoms with Gasteiger partial charge >= 0.3 is 0 Å². The van der Waals surface area contributed by atoms with Crippen LogP contribution in [-0.2, 0) is 9.84 Å². The molecule has 0 aliphatic rings. The van der Waals surface area contributed by atoms with Crippen LogP contribution in [0.3, 0.4) is 0 Å². The van der Waals surface area contributed by atoms with Crippen molar-refractivity contribution in [3.8, 4) is 11.3 Å². The molecule has 4 rings (SSSR count). The van der Waals surface area contributed by atoms with E-state index in [0.717, 1.165) is 16.5 Å². The lowest BCUT2D eigenvalue weighted by Gasteiger charge is -2.12. The third-order valence-electron chi connectivity index (χ3n) is 4.08. The van der Waals surface area contributed by atoms with Gasteiger partial charge in [0.15, 0.2) is 0 Å². The molecule has 0 aliphatic carbocycles. The Hall–Kier alpha value is -2.98. The molecule has 122 valence electrons. The van der Waals surface area contributed by atoms with Gasteiger partial charge in [0.1, 0.15) is 0 Å². The molecule has 0 unspecified atom stereocenters. The van der Waals surface area contributed by atoms with Crippen molar-refractivity contribution < 1.29 is 8.42 Å². The summed E-state index contributed by atoms with van der Waals surface area (Å²) in [6.45, 7) is 0. The molecule has 0 radical (unpaired) electrons. The Morgan fingerprint density at radius 1 is 0.680 bits per heavy atom. The predicted molar refractivity (Wildman–Crippen MR) is 99.1 cm³/mol. The first-order valence-corrected chi connectivity index (χ1v) is 9.40. The van der Waals surface area contributed by atoms with Crippen LogP contribution in [0.15, 0.2) is 101 Å². The Morgan fingerprint density at radius 2 is 1.28 bits per heavy atom. The molecule has 0 amide bonds. The van der Waals surface area contributed by atoms with Gasteiger partial charge in [-0.3, -0.25) is 0 Å². The topological polar surface area (TPSA) is 47.0 Å². The molecular formula is C21H15NO2S. The molecule has 0 spiro atoms. The highest BCUT2D eigenvalue weighted by Gasteiger charge is 2.23. The minimum absolute atomic E-state index is 0.226. The lowest BCUT2D eigenvalue weighted by atomic mass is 10.1. The predicted octanol–water partition coefficient (Wildman–Crippen LogP) is 4.73. The molecule has 0 N–H and O–H groups in total. The molecular weight excluding hydrogens is 330 g/mol. The fraction of sp³-hybridized carbons (Fsp3) is 0. The van der Waals surface area contributed by atoms with Crippen molar-refractivity contribution >= 4 is 20.7 Å². The van der Waals surface area contributed by atoms with Gasteiger partial charge in [0.2, 0.25) is 9.84 Å². The van der Waals surface area contributed by atoms with Crippen molar-refractivity contribution in [1.29, 1.82) is 0 Å². The molecule has 1 heterocycles. The van der Waals surface area contributed by atoms with Crippen LogP contribution in [0, 0.1) is 0 Å². The quantitative estimate of drug-likeness (QED) is 0.539. The van der Waals surface area contributed by atoms with Gasteiger partial charge in [-0.1, -0.05) is 66.7 Å². The van der Waals surface area contributed by atoms with E-state index in [1.54, 1.807) is 36.4 Å². The van der Waals surface area contributed by atoms with Gasteiger partial charge < -0.3 is 0 Å². The van der Waals surface area contributed by atoms with Gasteiger partial charge in [0.05, 0.1) is 21.0 Å². The number of hydrogen-bond acceptors (Lipinski definition) is 3. The van der Waals surface area contributed by atoms with E-state index in [2.05, 4.69) is 4.98 Å². The summed E-state index contributed by atoms with van der Waals surface area (Å²) < 4.78 is 26.5. The fourth-order valence-corrected chi connectivity index (χ4v) is 4.30. The zero-order valence-electron chi connectivity index (χ0n) is 13.3. The maximum atomic E-state index is 13.2. The standard InChI is InChI=1S/C21H15NO2S/c23-25(24,18-12-5-2-6-13-18)20-15-17-11-7-8-14-19(17)22-21(20)16-9-3-1-4-10-16/h1-15H. The summed E-state index contributed by atoms with van der Waals surface area (Å²) in [6.07, 6.45) is 0. The highest BCUT2D eigenvalue weighted by molar-refractivity contribution is 7.91. The van der Waals surface area contributed by atoms with E-state index in [-0.39, 0.29) is 9.79 Å². The Bertz CT molecular complexity index is 1140. The van der Waals surface area contributed by atoms with E-state index in [4.69, 9.17) is 0 Å². The van der Waals surface area contributed by atoms with Crippen LogP contribution in [0.4, 0.5) is 0 Å². The molecule has 0 atom stereocenters. The number of sulfone groups is 1. The highest BCUT2D eigenvalue weighted by atomic mass is 32.2. The second-order valence-electron chi connectivity index (χ2n) is 5.71. The number of para-hydroxylation sites is 1. The summed E-state index contributed by atoms with van der Waals surface area (Å²) in [7, 11) is -3.67. The van der Waals surface area contributed by atoms with Crippen molar-refractivity contribution in [3.63, 3.8) is 0 Å². The first kappa shape index (κ1) is 15.5. The smallest absolute Gasteiger partial charge is 0.208 e. The van der Waals surface area contributed by atoms with Crippen LogP contribution in [0.2, 0.25) is 0 Å². The number of pyridine rings is 1. The van der Waals surface area contributed by atoms with Gasteiger partial charge in [-0.15, -0.1) is 0 Å². The summed E-state index contributed by atoms with van der Waals surface area (Å²) in [5.41, 5.74) is 2.03. The number of benzene rings is 3. The largest absolute Gasteiger partial charge is 0.246 e. The van der Waals surface area contributed by atoms with Crippen molar-refractivity contribution in [2.45, 2.75) is 9.79 Å². The molecule has 25 heavy (non-hydrogen) atoms. The number of rotatable bonds is 3. The average Bonchev–Trinajstić information content (AvgIpc) is 2.68. The number of aromatic nitrogens is 1. The van der Waals surface area contributed by atoms with E-state index in [1.165, 1.54) is 0 Å². The Balaban J connectivity index is 2.05. The molecule has 4 heteroatoms. The van der Waals surface area contributed by atoms with Gasteiger partial charge in [0, 0.05) is 10.9 Å². The summed E-state index contributed by atoms with van der Waals surface area (Å²) in [4.78, 5) is 5.15. The number of nitrogens with zero attached hydrogens (tertiary/aromatic N) is 1. The molecule has 1 aromatic heterocycles. The molecule has 0 bridgehead atoms. The van der Waals surface area contributed by atoms with Crippen LogP contribution in [0.25, 0.3) is 22.2 Å². The molecule has 3 aromatic carbocycles. The van der Waals surface area contributed by atoms with Crippen LogP contribution >= 0.6 is 0 Å². The van der Waals surface area contributed by atoms with Crippen molar-refractivity contribution in [2.75, 3.05) is 0 Å². The first-order chi connectivity index (χ1) is 12.2. The zero-order valence-corrected chi connectivity index (χ0v) is 14.1. The minimum Gasteiger partial charge on any atom is -0.246 e. The summed E-state index contributed by atoms with van der Waals surface area (Å²) >= 11 is 0. The van der Waals surface area contributed by atoms with Crippen molar-refractivity contribution in [3.05, 3.63) is 91.0 Å². The van der Waals surface area contributed by atoms with E-state index in [1.807, 2.05) is 54.6 Å². The molecule has 0 saturated carbocycles. The minimum atomic E-state index is -3.67. The third kappa shape index (κ3) is 2.81. The molecule has 0 aliphatic heterocycles. The molecule has 0 saturated heterocycles. The second kappa shape index (κ2) is 6.15. The molecule has 4 aromatic rings. The zero-order chi connectivity index (χ0) is 17.3. The van der Waals surface area contributed by atoms with E-state index in [9.17, 15) is 8.42 Å². The van der Waals surface area contributed by atoms with Crippen LogP contribution in [0.5, 0.6) is 0 Å². The van der Waals surface area contributed by atoms with Crippen LogP contribution in [0.1, 0.15) is 0 Å². The maximum Gasteiger partial charge on any atom is 0.208 e. The van der Waals surface area contributed by atoms with Crippen molar-refractivity contribution in [1.82, 2.24) is 4.98 Å². The second-order valence-corrected chi connectivity index (χ2v) is 7.63. The average molecular weight is 345 g/mol.